The molecule has 1 saturated heterocycles. The molecule has 0 spiro atoms. The van der Waals surface area contributed by atoms with Gasteiger partial charge in [-0.2, -0.15) is 0 Å². The second-order valence-electron chi connectivity index (χ2n) is 5.90. The van der Waals surface area contributed by atoms with E-state index in [0.29, 0.717) is 48.1 Å². The summed E-state index contributed by atoms with van der Waals surface area (Å²) in [4.78, 5) is 26.3. The first kappa shape index (κ1) is 19.3. The number of thiocarbonyl (C=S) groups is 1. The fraction of sp³-hybridized carbons (Fsp3) is 0.211. The van der Waals surface area contributed by atoms with Crippen LogP contribution >= 0.6 is 23.8 Å². The second-order valence-corrected chi connectivity index (χ2v) is 6.75. The minimum atomic E-state index is -0.353. The number of carbonyl (C=O) groups is 2. The van der Waals surface area contributed by atoms with E-state index in [1.165, 1.54) is 0 Å². The first-order valence-corrected chi connectivity index (χ1v) is 9.16. The van der Waals surface area contributed by atoms with Gasteiger partial charge in [0.1, 0.15) is 0 Å². The molecule has 2 aromatic rings. The lowest BCUT2D eigenvalue weighted by Crippen LogP contribution is -2.40. The van der Waals surface area contributed by atoms with Gasteiger partial charge in [-0.1, -0.05) is 17.7 Å². The number of anilines is 1. The molecule has 2 aromatic carbocycles. The Kier molecular flexibility index (Phi) is 6.39. The molecule has 0 saturated carbocycles. The van der Waals surface area contributed by atoms with Crippen LogP contribution in [0.15, 0.2) is 48.5 Å². The smallest absolute Gasteiger partial charge is 0.257 e. The third kappa shape index (κ3) is 5.26. The van der Waals surface area contributed by atoms with E-state index in [1.54, 1.807) is 53.4 Å². The molecule has 0 bridgehead atoms. The van der Waals surface area contributed by atoms with Crippen LogP contribution in [0.4, 0.5) is 5.69 Å². The SMILES string of the molecule is O=C(NC(=S)Nc1ccc(C(=O)N2CCOCC2)cc1)c1cccc(Cl)c1. The molecule has 0 unspecified atom stereocenters. The molecule has 6 nitrogen and oxygen atoms in total. The van der Waals surface area contributed by atoms with E-state index >= 15 is 0 Å². The van der Waals surface area contributed by atoms with Crippen molar-refractivity contribution in [2.24, 2.45) is 0 Å². The average molecular weight is 404 g/mol. The third-order valence-corrected chi connectivity index (χ3v) is 4.44. The number of nitrogens with one attached hydrogen (secondary N) is 2. The minimum Gasteiger partial charge on any atom is -0.378 e. The number of hydrogen-bond donors (Lipinski definition) is 2. The summed E-state index contributed by atoms with van der Waals surface area (Å²) in [6.07, 6.45) is 0. The Bertz CT molecular complexity index is 852. The van der Waals surface area contributed by atoms with Gasteiger partial charge in [-0.05, 0) is 54.7 Å². The Labute approximate surface area is 167 Å². The zero-order chi connectivity index (χ0) is 19.2. The summed E-state index contributed by atoms with van der Waals surface area (Å²) in [6.45, 7) is 2.31. The van der Waals surface area contributed by atoms with Crippen molar-refractivity contribution in [1.29, 1.82) is 0 Å². The molecule has 27 heavy (non-hydrogen) atoms. The number of rotatable bonds is 3. The number of halogens is 1. The molecule has 0 aromatic heterocycles. The summed E-state index contributed by atoms with van der Waals surface area (Å²) in [5, 5.41) is 6.15. The van der Waals surface area contributed by atoms with Crippen LogP contribution in [0.25, 0.3) is 0 Å². The van der Waals surface area contributed by atoms with Gasteiger partial charge in [0, 0.05) is 34.9 Å². The summed E-state index contributed by atoms with van der Waals surface area (Å²) in [5.41, 5.74) is 1.68. The summed E-state index contributed by atoms with van der Waals surface area (Å²) in [7, 11) is 0. The molecule has 1 heterocycles. The molecule has 2 N–H and O–H groups in total. The van der Waals surface area contributed by atoms with Crippen LogP contribution in [-0.2, 0) is 4.74 Å². The van der Waals surface area contributed by atoms with Crippen molar-refractivity contribution >= 4 is 46.4 Å². The first-order chi connectivity index (χ1) is 13.0. The standard InChI is InChI=1S/C19H18ClN3O3S/c20-15-3-1-2-14(12-15)17(24)22-19(27)21-16-6-4-13(5-7-16)18(25)23-8-10-26-11-9-23/h1-7,12H,8-11H2,(H2,21,22,24,27). The van der Waals surface area contributed by atoms with Crippen LogP contribution in [0.1, 0.15) is 20.7 Å². The molecule has 8 heteroatoms. The van der Waals surface area contributed by atoms with Crippen molar-refractivity contribution in [2.45, 2.75) is 0 Å². The van der Waals surface area contributed by atoms with Crippen LogP contribution in [0.5, 0.6) is 0 Å². The molecule has 3 rings (SSSR count). The van der Waals surface area contributed by atoms with Gasteiger partial charge in [-0.3, -0.25) is 14.9 Å². The van der Waals surface area contributed by atoms with Gasteiger partial charge in [0.25, 0.3) is 11.8 Å². The van der Waals surface area contributed by atoms with Crippen LogP contribution in [-0.4, -0.2) is 48.1 Å². The maximum atomic E-state index is 12.4. The van der Waals surface area contributed by atoms with E-state index in [1.807, 2.05) is 0 Å². The largest absolute Gasteiger partial charge is 0.378 e. The van der Waals surface area contributed by atoms with E-state index in [0.717, 1.165) is 0 Å². The third-order valence-electron chi connectivity index (χ3n) is 4.00. The van der Waals surface area contributed by atoms with E-state index in [-0.39, 0.29) is 16.9 Å². The number of ether oxygens (including phenoxy) is 1. The molecule has 0 atom stereocenters. The minimum absolute atomic E-state index is 0.0262. The second kappa shape index (κ2) is 8.94. The highest BCUT2D eigenvalue weighted by Crippen LogP contribution is 2.13. The van der Waals surface area contributed by atoms with Gasteiger partial charge in [0.05, 0.1) is 13.2 Å². The highest BCUT2D eigenvalue weighted by atomic mass is 35.5. The van der Waals surface area contributed by atoms with Crippen LogP contribution in [0, 0.1) is 0 Å². The highest BCUT2D eigenvalue weighted by Gasteiger charge is 2.18. The quantitative estimate of drug-likeness (QED) is 0.771. The monoisotopic (exact) mass is 403 g/mol. The van der Waals surface area contributed by atoms with Crippen molar-refractivity contribution in [3.63, 3.8) is 0 Å². The van der Waals surface area contributed by atoms with Crippen LogP contribution in [0.2, 0.25) is 5.02 Å². The summed E-state index contributed by atoms with van der Waals surface area (Å²) in [6, 6.07) is 13.5. The normalized spacial score (nSPS) is 13.7. The molecular weight excluding hydrogens is 386 g/mol. The number of hydrogen-bond acceptors (Lipinski definition) is 4. The van der Waals surface area contributed by atoms with E-state index < -0.39 is 0 Å². The first-order valence-electron chi connectivity index (χ1n) is 8.38. The van der Waals surface area contributed by atoms with Gasteiger partial charge in [-0.15, -0.1) is 0 Å². The number of amides is 2. The van der Waals surface area contributed by atoms with Crippen molar-refractivity contribution in [3.8, 4) is 0 Å². The van der Waals surface area contributed by atoms with Gasteiger partial charge >= 0.3 is 0 Å². The molecule has 1 aliphatic rings. The summed E-state index contributed by atoms with van der Waals surface area (Å²) >= 11 is 11.1. The molecule has 0 radical (unpaired) electrons. The molecule has 140 valence electrons. The maximum Gasteiger partial charge on any atom is 0.257 e. The topological polar surface area (TPSA) is 70.7 Å². The number of morpholine rings is 1. The number of carbonyl (C=O) groups excluding carboxylic acids is 2. The van der Waals surface area contributed by atoms with Crippen molar-refractivity contribution < 1.29 is 14.3 Å². The van der Waals surface area contributed by atoms with Gasteiger partial charge < -0.3 is 15.0 Å². The summed E-state index contributed by atoms with van der Waals surface area (Å²) in [5.74, 6) is -0.379. The number of nitrogens with zero attached hydrogens (tertiary/aromatic N) is 1. The number of benzene rings is 2. The maximum absolute atomic E-state index is 12.4. The molecular formula is C19H18ClN3O3S. The fourth-order valence-corrected chi connectivity index (χ4v) is 3.01. The predicted molar refractivity (Wildman–Crippen MR) is 108 cm³/mol. The molecule has 2 amide bonds. The Morgan fingerprint density at radius 2 is 1.74 bits per heavy atom. The predicted octanol–water partition coefficient (Wildman–Crippen LogP) is 2.94. The lowest BCUT2D eigenvalue weighted by molar-refractivity contribution is 0.0303. The van der Waals surface area contributed by atoms with Crippen LogP contribution in [0.3, 0.4) is 0 Å². The van der Waals surface area contributed by atoms with Crippen molar-refractivity contribution in [1.82, 2.24) is 10.2 Å². The van der Waals surface area contributed by atoms with Gasteiger partial charge in [0.15, 0.2) is 5.11 Å². The molecule has 1 fully saturated rings. The Balaban J connectivity index is 1.56. The van der Waals surface area contributed by atoms with E-state index in [4.69, 9.17) is 28.6 Å². The zero-order valence-corrected chi connectivity index (χ0v) is 16.0. The average Bonchev–Trinajstić information content (AvgIpc) is 2.68. The Morgan fingerprint density at radius 1 is 1.04 bits per heavy atom. The zero-order valence-electron chi connectivity index (χ0n) is 14.4. The van der Waals surface area contributed by atoms with Crippen molar-refractivity contribution in [2.75, 3.05) is 31.6 Å². The highest BCUT2D eigenvalue weighted by molar-refractivity contribution is 7.80. The lowest BCUT2D eigenvalue weighted by atomic mass is 10.1. The molecule has 1 aliphatic heterocycles. The van der Waals surface area contributed by atoms with E-state index in [9.17, 15) is 9.59 Å². The summed E-state index contributed by atoms with van der Waals surface area (Å²) < 4.78 is 5.26. The van der Waals surface area contributed by atoms with E-state index in [2.05, 4.69) is 10.6 Å². The Hall–Kier alpha value is -2.48. The molecule has 0 aliphatic carbocycles. The van der Waals surface area contributed by atoms with Crippen molar-refractivity contribution in [3.05, 3.63) is 64.7 Å². The lowest BCUT2D eigenvalue weighted by Gasteiger charge is -2.26. The van der Waals surface area contributed by atoms with Gasteiger partial charge in [0.2, 0.25) is 0 Å². The van der Waals surface area contributed by atoms with Crippen LogP contribution < -0.4 is 10.6 Å². The van der Waals surface area contributed by atoms with Gasteiger partial charge in [-0.25, -0.2) is 0 Å². The fourth-order valence-electron chi connectivity index (χ4n) is 2.61. The Morgan fingerprint density at radius 3 is 2.41 bits per heavy atom.